The summed E-state index contributed by atoms with van der Waals surface area (Å²) >= 11 is 0. The van der Waals surface area contributed by atoms with E-state index in [1.165, 1.54) is 83.1 Å². The van der Waals surface area contributed by atoms with E-state index in [-0.39, 0.29) is 12.5 Å². The van der Waals surface area contributed by atoms with Gasteiger partial charge in [-0.1, -0.05) is 117 Å². The van der Waals surface area contributed by atoms with E-state index in [1.54, 1.807) is 0 Å². The molecule has 0 saturated heterocycles. The maximum Gasteiger partial charge on any atom is 0.328 e. The van der Waals surface area contributed by atoms with Crippen molar-refractivity contribution in [1.82, 2.24) is 5.32 Å². The van der Waals surface area contributed by atoms with Crippen LogP contribution >= 0.6 is 0 Å². The Kier molecular flexibility index (Phi) is 17.9. The van der Waals surface area contributed by atoms with Crippen molar-refractivity contribution in [2.75, 3.05) is 6.61 Å². The third-order valence-corrected chi connectivity index (χ3v) is 6.48. The number of benzene rings is 1. The Labute approximate surface area is 218 Å². The maximum absolute atomic E-state index is 13.9. The summed E-state index contributed by atoms with van der Waals surface area (Å²) in [5.41, 5.74) is -0.679. The molecule has 0 fully saturated rings. The first kappa shape index (κ1) is 32.0. The van der Waals surface area contributed by atoms with E-state index in [1.807, 2.05) is 13.8 Å². The molecule has 1 amide bonds. The molecule has 1 unspecified atom stereocenters. The molecule has 0 aliphatic heterocycles. The van der Waals surface area contributed by atoms with Crippen LogP contribution in [0, 0.1) is 17.6 Å². The summed E-state index contributed by atoms with van der Waals surface area (Å²) in [6.07, 6.45) is 19.2. The van der Waals surface area contributed by atoms with E-state index in [2.05, 4.69) is 12.2 Å². The third-order valence-electron chi connectivity index (χ3n) is 6.48. The van der Waals surface area contributed by atoms with Crippen LogP contribution in [0.25, 0.3) is 0 Å². The van der Waals surface area contributed by atoms with Gasteiger partial charge in [0.1, 0.15) is 23.2 Å². The highest BCUT2D eigenvalue weighted by atomic mass is 19.1. The van der Waals surface area contributed by atoms with E-state index in [0.717, 1.165) is 31.4 Å². The molecular weight excluding hydrogens is 460 g/mol. The number of carbonyl (C=O) groups excluding carboxylic acids is 2. The highest BCUT2D eigenvalue weighted by molar-refractivity contribution is 5.97. The zero-order chi connectivity index (χ0) is 26.6. The van der Waals surface area contributed by atoms with E-state index in [9.17, 15) is 18.4 Å². The molecule has 0 heterocycles. The zero-order valence-electron chi connectivity index (χ0n) is 22.9. The van der Waals surface area contributed by atoms with E-state index >= 15 is 0 Å². The van der Waals surface area contributed by atoms with Crippen LogP contribution in [0.1, 0.15) is 134 Å². The molecule has 1 N–H and O–H groups in total. The van der Waals surface area contributed by atoms with Gasteiger partial charge in [0.2, 0.25) is 0 Å². The van der Waals surface area contributed by atoms with Crippen LogP contribution in [0.4, 0.5) is 8.78 Å². The summed E-state index contributed by atoms with van der Waals surface area (Å²) in [6.45, 7) is 6.36. The Morgan fingerprint density at radius 1 is 0.778 bits per heavy atom. The highest BCUT2D eigenvalue weighted by Crippen LogP contribution is 2.15. The molecule has 0 aliphatic rings. The first-order valence-electron chi connectivity index (χ1n) is 14.3. The molecule has 0 aromatic heterocycles. The standard InChI is InChI=1S/C30H49F2NO3/c1-4-5-6-7-8-9-10-11-12-13-14-15-16-17-18-22-36-30(35)27(23-24(2)3)33-29(34)28-25(31)20-19-21-26(28)32/h19-21,24,27H,4-18,22-23H2,1-3H3,(H,33,34). The number of nitrogens with one attached hydrogen (secondary N) is 1. The van der Waals surface area contributed by atoms with Gasteiger partial charge in [0, 0.05) is 0 Å². The molecule has 1 aromatic carbocycles. The number of ether oxygens (including phenoxy) is 1. The van der Waals surface area contributed by atoms with Crippen molar-refractivity contribution in [3.8, 4) is 0 Å². The summed E-state index contributed by atoms with van der Waals surface area (Å²) in [6, 6.07) is 2.29. The summed E-state index contributed by atoms with van der Waals surface area (Å²) in [5, 5.41) is 2.46. The maximum atomic E-state index is 13.9. The first-order chi connectivity index (χ1) is 17.4. The van der Waals surface area contributed by atoms with Crippen molar-refractivity contribution in [2.24, 2.45) is 5.92 Å². The van der Waals surface area contributed by atoms with Crippen LogP contribution in [0.3, 0.4) is 0 Å². The monoisotopic (exact) mass is 509 g/mol. The smallest absolute Gasteiger partial charge is 0.328 e. The van der Waals surface area contributed by atoms with Gasteiger partial charge >= 0.3 is 5.97 Å². The summed E-state index contributed by atoms with van der Waals surface area (Å²) in [5.74, 6) is -3.32. The fourth-order valence-corrected chi connectivity index (χ4v) is 4.38. The quantitative estimate of drug-likeness (QED) is 0.133. The largest absolute Gasteiger partial charge is 0.464 e. The van der Waals surface area contributed by atoms with Gasteiger partial charge < -0.3 is 10.1 Å². The molecule has 1 atom stereocenters. The zero-order valence-corrected chi connectivity index (χ0v) is 22.9. The molecule has 1 aromatic rings. The lowest BCUT2D eigenvalue weighted by Gasteiger charge is -2.19. The molecule has 6 heteroatoms. The number of unbranched alkanes of at least 4 members (excludes halogenated alkanes) is 14. The molecule has 0 aliphatic carbocycles. The van der Waals surface area contributed by atoms with Crippen molar-refractivity contribution in [3.05, 3.63) is 35.4 Å². The van der Waals surface area contributed by atoms with Crippen molar-refractivity contribution >= 4 is 11.9 Å². The van der Waals surface area contributed by atoms with Gasteiger partial charge in [-0.3, -0.25) is 4.79 Å². The van der Waals surface area contributed by atoms with Crippen molar-refractivity contribution in [3.63, 3.8) is 0 Å². The number of esters is 1. The van der Waals surface area contributed by atoms with Crippen LogP contribution in [-0.4, -0.2) is 24.5 Å². The molecule has 0 spiro atoms. The van der Waals surface area contributed by atoms with Crippen molar-refractivity contribution < 1.29 is 23.1 Å². The summed E-state index contributed by atoms with van der Waals surface area (Å²) in [7, 11) is 0. The number of hydrogen-bond acceptors (Lipinski definition) is 3. The minimum absolute atomic E-state index is 0.0964. The lowest BCUT2D eigenvalue weighted by molar-refractivity contribution is -0.146. The second kappa shape index (κ2) is 20.1. The van der Waals surface area contributed by atoms with E-state index in [0.29, 0.717) is 6.42 Å². The lowest BCUT2D eigenvalue weighted by Crippen LogP contribution is -2.43. The SMILES string of the molecule is CCCCCCCCCCCCCCCCCOC(=O)C(CC(C)C)NC(=O)c1c(F)cccc1F. The molecule has 0 radical (unpaired) electrons. The van der Waals surface area contributed by atoms with Crippen LogP contribution < -0.4 is 5.32 Å². The molecular formula is C30H49F2NO3. The normalized spacial score (nSPS) is 12.1. The molecule has 206 valence electrons. The number of rotatable bonds is 21. The topological polar surface area (TPSA) is 55.4 Å². The Morgan fingerprint density at radius 2 is 1.22 bits per heavy atom. The molecule has 0 saturated carbocycles. The van der Waals surface area contributed by atoms with Crippen LogP contribution in [-0.2, 0) is 9.53 Å². The van der Waals surface area contributed by atoms with Crippen LogP contribution in [0.5, 0.6) is 0 Å². The molecule has 4 nitrogen and oxygen atoms in total. The summed E-state index contributed by atoms with van der Waals surface area (Å²) in [4.78, 5) is 24.9. The predicted molar refractivity (Wildman–Crippen MR) is 143 cm³/mol. The summed E-state index contributed by atoms with van der Waals surface area (Å²) < 4.78 is 33.2. The number of halogens is 2. The number of hydrogen-bond donors (Lipinski definition) is 1. The van der Waals surface area contributed by atoms with Crippen molar-refractivity contribution in [2.45, 2.75) is 130 Å². The van der Waals surface area contributed by atoms with E-state index < -0.39 is 35.1 Å². The average Bonchev–Trinajstić information content (AvgIpc) is 2.82. The fourth-order valence-electron chi connectivity index (χ4n) is 4.38. The molecule has 1 rings (SSSR count). The van der Waals surface area contributed by atoms with Crippen LogP contribution in [0.2, 0.25) is 0 Å². The van der Waals surface area contributed by atoms with Gasteiger partial charge in [-0.15, -0.1) is 0 Å². The first-order valence-corrected chi connectivity index (χ1v) is 14.3. The third kappa shape index (κ3) is 14.5. The number of carbonyl (C=O) groups is 2. The molecule has 36 heavy (non-hydrogen) atoms. The van der Waals surface area contributed by atoms with Gasteiger partial charge in [-0.05, 0) is 30.9 Å². The number of amides is 1. The second-order valence-electron chi connectivity index (χ2n) is 10.4. The second-order valence-corrected chi connectivity index (χ2v) is 10.4. The van der Waals surface area contributed by atoms with Gasteiger partial charge in [0.15, 0.2) is 0 Å². The molecule has 0 bridgehead atoms. The fraction of sp³-hybridized carbons (Fsp3) is 0.733. The predicted octanol–water partition coefficient (Wildman–Crippen LogP) is 8.52. The van der Waals surface area contributed by atoms with Crippen molar-refractivity contribution in [1.29, 1.82) is 0 Å². The minimum atomic E-state index is -0.957. The highest BCUT2D eigenvalue weighted by Gasteiger charge is 2.26. The Morgan fingerprint density at radius 3 is 1.67 bits per heavy atom. The Bertz CT molecular complexity index is 719. The van der Waals surface area contributed by atoms with Gasteiger partial charge in [-0.2, -0.15) is 0 Å². The van der Waals surface area contributed by atoms with Gasteiger partial charge in [0.05, 0.1) is 6.61 Å². The Hall–Kier alpha value is -1.98. The minimum Gasteiger partial charge on any atom is -0.464 e. The van der Waals surface area contributed by atoms with E-state index in [4.69, 9.17) is 4.74 Å². The van der Waals surface area contributed by atoms with Gasteiger partial charge in [-0.25, -0.2) is 13.6 Å². The average molecular weight is 510 g/mol. The Balaban J connectivity index is 2.16. The lowest BCUT2D eigenvalue weighted by atomic mass is 10.0. The van der Waals surface area contributed by atoms with Crippen LogP contribution in [0.15, 0.2) is 18.2 Å². The van der Waals surface area contributed by atoms with Gasteiger partial charge in [0.25, 0.3) is 5.91 Å².